The molecule has 2 unspecified atom stereocenters. The Bertz CT molecular complexity index is 381. The van der Waals surface area contributed by atoms with E-state index in [9.17, 15) is 4.79 Å². The largest absolute Gasteiger partial charge is 0.377 e. The van der Waals surface area contributed by atoms with Crippen LogP contribution in [-0.4, -0.2) is 24.3 Å². The lowest BCUT2D eigenvalue weighted by molar-refractivity contribution is -0.110. The Labute approximate surface area is 112 Å². The molecule has 0 amide bonds. The molecule has 2 heteroatoms. The van der Waals surface area contributed by atoms with Crippen LogP contribution in [0.3, 0.4) is 0 Å². The summed E-state index contributed by atoms with van der Waals surface area (Å²) in [6.45, 7) is 11.3. The molecule has 2 fully saturated rings. The first-order valence-electron chi connectivity index (χ1n) is 7.37. The van der Waals surface area contributed by atoms with Gasteiger partial charge >= 0.3 is 0 Å². The predicted octanol–water partition coefficient (Wildman–Crippen LogP) is 3.79. The lowest BCUT2D eigenvalue weighted by Crippen LogP contribution is -2.23. The number of ketones is 1. The Balaban J connectivity index is 0.000000371. The van der Waals surface area contributed by atoms with Gasteiger partial charge in [0.2, 0.25) is 0 Å². The standard InChI is InChI=1S/C12H15NO.2C2H6/c1-3-8-4-10(14)5-11-12(8)6-9(12)7-13(11)2;2*1-2/h4-5,9H,3,6-7H2,1-2H3;2*1-2H3. The SMILES string of the molecule is CC.CC.CCC1=CC(=O)C=C2N(C)CC3CC123. The van der Waals surface area contributed by atoms with Gasteiger partial charge in [-0.05, 0) is 24.8 Å². The van der Waals surface area contributed by atoms with E-state index >= 15 is 0 Å². The molecule has 0 aromatic carbocycles. The molecule has 0 radical (unpaired) electrons. The van der Waals surface area contributed by atoms with Crippen LogP contribution in [0.25, 0.3) is 0 Å². The molecule has 1 saturated heterocycles. The number of carbonyl (C=O) groups is 1. The molecule has 102 valence electrons. The number of piperidine rings is 1. The average Bonchev–Trinajstić information content (AvgIpc) is 3.04. The molecule has 3 rings (SSSR count). The zero-order valence-electron chi connectivity index (χ0n) is 12.7. The summed E-state index contributed by atoms with van der Waals surface area (Å²) in [6.07, 6.45) is 6.00. The van der Waals surface area contributed by atoms with E-state index in [4.69, 9.17) is 0 Å². The summed E-state index contributed by atoms with van der Waals surface area (Å²) in [7, 11) is 2.10. The minimum absolute atomic E-state index is 0.182. The Morgan fingerprint density at radius 1 is 1.28 bits per heavy atom. The maximum absolute atomic E-state index is 11.5. The van der Waals surface area contributed by atoms with Gasteiger partial charge in [0.05, 0.1) is 0 Å². The van der Waals surface area contributed by atoms with E-state index in [1.807, 2.05) is 39.8 Å². The number of allylic oxidation sites excluding steroid dienone is 3. The topological polar surface area (TPSA) is 20.3 Å². The molecule has 0 aromatic heterocycles. The van der Waals surface area contributed by atoms with Gasteiger partial charge in [0.1, 0.15) is 0 Å². The predicted molar refractivity (Wildman–Crippen MR) is 77.3 cm³/mol. The molecule has 3 aliphatic rings. The van der Waals surface area contributed by atoms with Gasteiger partial charge in [-0.25, -0.2) is 0 Å². The highest BCUT2D eigenvalue weighted by Crippen LogP contribution is 2.68. The van der Waals surface area contributed by atoms with E-state index in [0.29, 0.717) is 5.41 Å². The number of likely N-dealkylation sites (tertiary alicyclic amines) is 1. The lowest BCUT2D eigenvalue weighted by atomic mass is 9.84. The minimum atomic E-state index is 0.182. The first kappa shape index (κ1) is 15.0. The third kappa shape index (κ3) is 2.02. The molecule has 1 spiro atoms. The quantitative estimate of drug-likeness (QED) is 0.704. The van der Waals surface area contributed by atoms with Crippen molar-refractivity contribution in [2.24, 2.45) is 11.3 Å². The van der Waals surface area contributed by atoms with Crippen LogP contribution >= 0.6 is 0 Å². The van der Waals surface area contributed by atoms with E-state index in [1.165, 1.54) is 17.7 Å². The highest BCUT2D eigenvalue weighted by atomic mass is 16.1. The van der Waals surface area contributed by atoms with Gasteiger partial charge in [0, 0.05) is 30.8 Å². The second-order valence-corrected chi connectivity index (χ2v) is 4.71. The van der Waals surface area contributed by atoms with Crippen LogP contribution in [0.5, 0.6) is 0 Å². The van der Waals surface area contributed by atoms with Crippen molar-refractivity contribution in [1.82, 2.24) is 4.90 Å². The minimum Gasteiger partial charge on any atom is -0.377 e. The second-order valence-electron chi connectivity index (χ2n) is 4.71. The van der Waals surface area contributed by atoms with E-state index in [2.05, 4.69) is 18.9 Å². The highest BCUT2D eigenvalue weighted by molar-refractivity contribution is 6.02. The van der Waals surface area contributed by atoms with Crippen molar-refractivity contribution >= 4 is 5.78 Å². The molecule has 2 nitrogen and oxygen atoms in total. The van der Waals surface area contributed by atoms with Crippen LogP contribution in [0, 0.1) is 11.3 Å². The van der Waals surface area contributed by atoms with Crippen molar-refractivity contribution in [2.75, 3.05) is 13.6 Å². The van der Waals surface area contributed by atoms with Gasteiger partial charge in [0.25, 0.3) is 0 Å². The number of carbonyl (C=O) groups excluding carboxylic acids is 1. The molecule has 1 saturated carbocycles. The van der Waals surface area contributed by atoms with Crippen molar-refractivity contribution in [3.8, 4) is 0 Å². The number of hydrogen-bond acceptors (Lipinski definition) is 2. The van der Waals surface area contributed by atoms with Crippen LogP contribution in [0.2, 0.25) is 0 Å². The molecular formula is C16H27NO. The molecule has 18 heavy (non-hydrogen) atoms. The summed E-state index contributed by atoms with van der Waals surface area (Å²) in [4.78, 5) is 13.8. The van der Waals surface area contributed by atoms with Crippen molar-refractivity contribution in [2.45, 2.75) is 47.5 Å². The first-order valence-corrected chi connectivity index (χ1v) is 7.37. The van der Waals surface area contributed by atoms with Gasteiger partial charge < -0.3 is 4.90 Å². The summed E-state index contributed by atoms with van der Waals surface area (Å²) in [6, 6.07) is 0. The van der Waals surface area contributed by atoms with Crippen molar-refractivity contribution in [3.63, 3.8) is 0 Å². The molecule has 0 aromatic rings. The fourth-order valence-corrected chi connectivity index (χ4v) is 3.32. The van der Waals surface area contributed by atoms with Crippen molar-refractivity contribution in [3.05, 3.63) is 23.4 Å². The molecule has 2 atom stereocenters. The van der Waals surface area contributed by atoms with E-state index in [0.717, 1.165) is 18.9 Å². The summed E-state index contributed by atoms with van der Waals surface area (Å²) >= 11 is 0. The lowest BCUT2D eigenvalue weighted by Gasteiger charge is -2.26. The molecular weight excluding hydrogens is 222 g/mol. The zero-order chi connectivity index (χ0) is 13.9. The summed E-state index contributed by atoms with van der Waals surface area (Å²) in [5.74, 6) is 0.972. The van der Waals surface area contributed by atoms with Crippen molar-refractivity contribution in [1.29, 1.82) is 0 Å². The van der Waals surface area contributed by atoms with E-state index < -0.39 is 0 Å². The van der Waals surface area contributed by atoms with E-state index in [1.54, 1.807) is 0 Å². The molecule has 1 aliphatic heterocycles. The Morgan fingerprint density at radius 2 is 1.89 bits per heavy atom. The third-order valence-electron chi connectivity index (χ3n) is 4.02. The molecule has 1 heterocycles. The zero-order valence-corrected chi connectivity index (χ0v) is 12.7. The summed E-state index contributed by atoms with van der Waals surface area (Å²) < 4.78 is 0. The first-order chi connectivity index (χ1) is 8.68. The fraction of sp³-hybridized carbons (Fsp3) is 0.688. The third-order valence-corrected chi connectivity index (χ3v) is 4.02. The maximum atomic E-state index is 11.5. The van der Waals surface area contributed by atoms with Crippen LogP contribution in [-0.2, 0) is 4.79 Å². The Morgan fingerprint density at radius 3 is 2.44 bits per heavy atom. The van der Waals surface area contributed by atoms with Gasteiger partial charge in [-0.15, -0.1) is 0 Å². The fourth-order valence-electron chi connectivity index (χ4n) is 3.32. The maximum Gasteiger partial charge on any atom is 0.180 e. The van der Waals surface area contributed by atoms with Crippen LogP contribution in [0.4, 0.5) is 0 Å². The monoisotopic (exact) mass is 249 g/mol. The highest BCUT2D eigenvalue weighted by Gasteiger charge is 2.64. The van der Waals surface area contributed by atoms with Crippen LogP contribution < -0.4 is 0 Å². The van der Waals surface area contributed by atoms with E-state index in [-0.39, 0.29) is 5.78 Å². The normalized spacial score (nSPS) is 30.9. The van der Waals surface area contributed by atoms with Crippen LogP contribution in [0.15, 0.2) is 23.4 Å². The van der Waals surface area contributed by atoms with Gasteiger partial charge in [-0.1, -0.05) is 40.2 Å². The van der Waals surface area contributed by atoms with Gasteiger partial charge in [0.15, 0.2) is 5.78 Å². The molecule has 0 N–H and O–H groups in total. The Kier molecular flexibility index (Phi) is 4.78. The van der Waals surface area contributed by atoms with Gasteiger partial charge in [-0.2, -0.15) is 0 Å². The average molecular weight is 249 g/mol. The smallest absolute Gasteiger partial charge is 0.180 e. The summed E-state index contributed by atoms with van der Waals surface area (Å²) in [5, 5.41) is 0. The summed E-state index contributed by atoms with van der Waals surface area (Å²) in [5.41, 5.74) is 2.96. The number of rotatable bonds is 1. The van der Waals surface area contributed by atoms with Crippen molar-refractivity contribution < 1.29 is 4.79 Å². The Hall–Kier alpha value is -1.05. The van der Waals surface area contributed by atoms with Gasteiger partial charge in [-0.3, -0.25) is 4.79 Å². The number of hydrogen-bond donors (Lipinski definition) is 0. The van der Waals surface area contributed by atoms with Crippen LogP contribution in [0.1, 0.15) is 47.5 Å². The molecule has 2 aliphatic carbocycles. The number of nitrogens with zero attached hydrogens (tertiary/aromatic N) is 1. The molecule has 0 bridgehead atoms. The second kappa shape index (κ2) is 5.73.